The quantitative estimate of drug-likeness (QED) is 0.644. The highest BCUT2D eigenvalue weighted by atomic mass is 19.1. The third kappa shape index (κ3) is 4.51. The fraction of sp³-hybridized carbons (Fsp3) is 0.227. The van der Waals surface area contributed by atoms with Crippen molar-refractivity contribution >= 4 is 11.9 Å². The summed E-state index contributed by atoms with van der Waals surface area (Å²) < 4.78 is 19.6. The predicted octanol–water partition coefficient (Wildman–Crippen LogP) is 3.85. The zero-order valence-electron chi connectivity index (χ0n) is 16.5. The highest BCUT2D eigenvalue weighted by Gasteiger charge is 2.20. The Morgan fingerprint density at radius 3 is 2.34 bits per heavy atom. The van der Waals surface area contributed by atoms with Crippen LogP contribution in [-0.2, 0) is 11.3 Å². The van der Waals surface area contributed by atoms with E-state index in [-0.39, 0.29) is 17.6 Å². The molecule has 0 fully saturated rings. The number of rotatable bonds is 6. The number of carbonyl (C=O) groups excluding carboxylic acids is 2. The van der Waals surface area contributed by atoms with Gasteiger partial charge in [-0.15, -0.1) is 0 Å². The van der Waals surface area contributed by atoms with Crippen molar-refractivity contribution in [1.82, 2.24) is 15.1 Å². The number of hydrogen-bond donors (Lipinski definition) is 1. The SMILES string of the molecule is COC(=O)c1ccc(CNC(=O)c2cnn(-c3ccc(F)cc3)c2C(C)C)cc1. The normalized spacial score (nSPS) is 10.8. The minimum absolute atomic E-state index is 0.0302. The van der Waals surface area contributed by atoms with E-state index >= 15 is 0 Å². The van der Waals surface area contributed by atoms with Crippen molar-refractivity contribution in [3.63, 3.8) is 0 Å². The summed E-state index contributed by atoms with van der Waals surface area (Å²) in [5, 5.41) is 7.21. The van der Waals surface area contributed by atoms with E-state index in [4.69, 9.17) is 0 Å². The number of methoxy groups -OCH3 is 1. The number of hydrogen-bond acceptors (Lipinski definition) is 4. The van der Waals surface area contributed by atoms with Crippen molar-refractivity contribution in [2.75, 3.05) is 7.11 Å². The largest absolute Gasteiger partial charge is 0.465 e. The molecule has 0 spiro atoms. The second-order valence-corrected chi connectivity index (χ2v) is 6.86. The van der Waals surface area contributed by atoms with Crippen LogP contribution in [0.5, 0.6) is 0 Å². The number of ether oxygens (including phenoxy) is 1. The lowest BCUT2D eigenvalue weighted by Gasteiger charge is -2.13. The maximum absolute atomic E-state index is 13.2. The zero-order valence-corrected chi connectivity index (χ0v) is 16.5. The Kier molecular flexibility index (Phi) is 6.07. The van der Waals surface area contributed by atoms with Crippen molar-refractivity contribution in [2.45, 2.75) is 26.3 Å². The average Bonchev–Trinajstić information content (AvgIpc) is 3.18. The number of carbonyl (C=O) groups is 2. The van der Waals surface area contributed by atoms with E-state index in [0.29, 0.717) is 23.4 Å². The van der Waals surface area contributed by atoms with Crippen LogP contribution in [0, 0.1) is 5.82 Å². The Morgan fingerprint density at radius 2 is 1.76 bits per heavy atom. The summed E-state index contributed by atoms with van der Waals surface area (Å²) in [7, 11) is 1.33. The van der Waals surface area contributed by atoms with Crippen LogP contribution < -0.4 is 5.32 Å². The smallest absolute Gasteiger partial charge is 0.337 e. The lowest BCUT2D eigenvalue weighted by molar-refractivity contribution is 0.0600. The van der Waals surface area contributed by atoms with Gasteiger partial charge in [0.05, 0.1) is 35.8 Å². The number of benzene rings is 2. The zero-order chi connectivity index (χ0) is 21.0. The molecule has 0 radical (unpaired) electrons. The minimum atomic E-state index is -0.407. The fourth-order valence-electron chi connectivity index (χ4n) is 3.03. The molecule has 0 atom stereocenters. The number of halogens is 1. The van der Waals surface area contributed by atoms with E-state index in [1.165, 1.54) is 25.4 Å². The first-order chi connectivity index (χ1) is 13.9. The molecular formula is C22H22FN3O3. The molecule has 1 N–H and O–H groups in total. The molecule has 1 heterocycles. The third-order valence-electron chi connectivity index (χ3n) is 4.50. The predicted molar refractivity (Wildman–Crippen MR) is 107 cm³/mol. The van der Waals surface area contributed by atoms with Crippen molar-refractivity contribution in [1.29, 1.82) is 0 Å². The van der Waals surface area contributed by atoms with Gasteiger partial charge in [-0.25, -0.2) is 13.9 Å². The molecule has 0 unspecified atom stereocenters. The van der Waals surface area contributed by atoms with Crippen LogP contribution >= 0.6 is 0 Å². The summed E-state index contributed by atoms with van der Waals surface area (Å²) in [5.41, 5.74) is 3.20. The van der Waals surface area contributed by atoms with E-state index in [2.05, 4.69) is 15.2 Å². The summed E-state index contributed by atoms with van der Waals surface area (Å²) in [4.78, 5) is 24.3. The molecule has 0 aliphatic carbocycles. The van der Waals surface area contributed by atoms with Gasteiger partial charge in [0.15, 0.2) is 0 Å². The summed E-state index contributed by atoms with van der Waals surface area (Å²) >= 11 is 0. The molecule has 0 saturated carbocycles. The number of nitrogens with zero attached hydrogens (tertiary/aromatic N) is 2. The summed E-state index contributed by atoms with van der Waals surface area (Å²) in [6.07, 6.45) is 1.52. The number of aromatic nitrogens is 2. The molecule has 1 aromatic heterocycles. The Hall–Kier alpha value is -3.48. The van der Waals surface area contributed by atoms with E-state index in [1.807, 2.05) is 13.8 Å². The molecular weight excluding hydrogens is 373 g/mol. The maximum atomic E-state index is 13.2. The molecule has 7 heteroatoms. The van der Waals surface area contributed by atoms with Crippen LogP contribution in [0.2, 0.25) is 0 Å². The Bertz CT molecular complexity index is 1010. The standard InChI is InChI=1S/C22H22FN3O3/c1-14(2)20-19(13-25-26(20)18-10-8-17(23)9-11-18)21(27)24-12-15-4-6-16(7-5-15)22(28)29-3/h4-11,13-14H,12H2,1-3H3,(H,24,27). The van der Waals surface area contributed by atoms with Gasteiger partial charge in [-0.2, -0.15) is 5.10 Å². The van der Waals surface area contributed by atoms with Crippen molar-refractivity contribution in [3.05, 3.63) is 82.9 Å². The van der Waals surface area contributed by atoms with Gasteiger partial charge in [0.25, 0.3) is 5.91 Å². The van der Waals surface area contributed by atoms with Gasteiger partial charge in [-0.05, 0) is 47.9 Å². The third-order valence-corrected chi connectivity index (χ3v) is 4.50. The van der Waals surface area contributed by atoms with Crippen LogP contribution in [-0.4, -0.2) is 28.8 Å². The van der Waals surface area contributed by atoms with Crippen LogP contribution in [0.1, 0.15) is 51.7 Å². The molecule has 29 heavy (non-hydrogen) atoms. The Morgan fingerprint density at radius 1 is 1.10 bits per heavy atom. The maximum Gasteiger partial charge on any atom is 0.337 e. The number of amides is 1. The molecule has 0 bridgehead atoms. The minimum Gasteiger partial charge on any atom is -0.465 e. The highest BCUT2D eigenvalue weighted by Crippen LogP contribution is 2.23. The molecule has 150 valence electrons. The lowest BCUT2D eigenvalue weighted by atomic mass is 10.0. The van der Waals surface area contributed by atoms with Crippen molar-refractivity contribution < 1.29 is 18.7 Å². The lowest BCUT2D eigenvalue weighted by Crippen LogP contribution is -2.24. The van der Waals surface area contributed by atoms with Gasteiger partial charge in [0.1, 0.15) is 5.82 Å². The van der Waals surface area contributed by atoms with E-state index in [9.17, 15) is 14.0 Å². The molecule has 2 aromatic carbocycles. The highest BCUT2D eigenvalue weighted by molar-refractivity contribution is 5.95. The summed E-state index contributed by atoms with van der Waals surface area (Å²) in [6, 6.07) is 12.8. The molecule has 3 aromatic rings. The van der Waals surface area contributed by atoms with Crippen LogP contribution in [0.3, 0.4) is 0 Å². The monoisotopic (exact) mass is 395 g/mol. The fourth-order valence-corrected chi connectivity index (χ4v) is 3.03. The van der Waals surface area contributed by atoms with Crippen molar-refractivity contribution in [2.24, 2.45) is 0 Å². The molecule has 6 nitrogen and oxygen atoms in total. The average molecular weight is 395 g/mol. The molecule has 0 aliphatic rings. The van der Waals surface area contributed by atoms with Crippen molar-refractivity contribution in [3.8, 4) is 5.69 Å². The van der Waals surface area contributed by atoms with Gasteiger partial charge in [-0.3, -0.25) is 4.79 Å². The van der Waals surface area contributed by atoms with Gasteiger partial charge < -0.3 is 10.1 Å². The van der Waals surface area contributed by atoms with Crippen LogP contribution in [0.25, 0.3) is 5.69 Å². The van der Waals surface area contributed by atoms with E-state index in [1.54, 1.807) is 41.1 Å². The van der Waals surface area contributed by atoms with Crippen LogP contribution in [0.15, 0.2) is 54.7 Å². The van der Waals surface area contributed by atoms with E-state index in [0.717, 1.165) is 11.3 Å². The first-order valence-corrected chi connectivity index (χ1v) is 9.20. The van der Waals surface area contributed by atoms with Gasteiger partial charge in [0.2, 0.25) is 0 Å². The van der Waals surface area contributed by atoms with Gasteiger partial charge >= 0.3 is 5.97 Å². The molecule has 0 saturated heterocycles. The molecule has 3 rings (SSSR count). The molecule has 0 aliphatic heterocycles. The second-order valence-electron chi connectivity index (χ2n) is 6.86. The number of nitrogens with one attached hydrogen (secondary N) is 1. The van der Waals surface area contributed by atoms with Gasteiger partial charge in [0, 0.05) is 6.54 Å². The summed E-state index contributed by atoms with van der Waals surface area (Å²) in [6.45, 7) is 4.25. The first kappa shape index (κ1) is 20.3. The van der Waals surface area contributed by atoms with Crippen LogP contribution in [0.4, 0.5) is 4.39 Å². The number of esters is 1. The topological polar surface area (TPSA) is 73.2 Å². The first-order valence-electron chi connectivity index (χ1n) is 9.20. The second kappa shape index (κ2) is 8.68. The Labute approximate surface area is 168 Å². The van der Waals surface area contributed by atoms with Gasteiger partial charge in [-0.1, -0.05) is 26.0 Å². The Balaban J connectivity index is 1.77. The summed E-state index contributed by atoms with van der Waals surface area (Å²) in [5.74, 6) is -0.958. The van der Waals surface area contributed by atoms with E-state index < -0.39 is 5.97 Å². The molecule has 1 amide bonds.